The van der Waals surface area contributed by atoms with Gasteiger partial charge in [-0.25, -0.2) is 0 Å². The third-order valence-corrected chi connectivity index (χ3v) is 4.10. The SMILES string of the molecule is Brc1cncc2c1CCN(Cc1ccccc1)C2. The van der Waals surface area contributed by atoms with Crippen molar-refractivity contribution in [3.8, 4) is 0 Å². The van der Waals surface area contributed by atoms with Gasteiger partial charge >= 0.3 is 0 Å². The number of hydrogen-bond acceptors (Lipinski definition) is 2. The highest BCUT2D eigenvalue weighted by Gasteiger charge is 2.18. The van der Waals surface area contributed by atoms with Gasteiger partial charge in [0.1, 0.15) is 0 Å². The molecule has 0 amide bonds. The molecule has 2 aromatic rings. The van der Waals surface area contributed by atoms with E-state index in [1.807, 2.05) is 12.4 Å². The lowest BCUT2D eigenvalue weighted by Crippen LogP contribution is -2.30. The third-order valence-electron chi connectivity index (χ3n) is 3.42. The van der Waals surface area contributed by atoms with Gasteiger partial charge in [-0.3, -0.25) is 9.88 Å². The Hall–Kier alpha value is -1.19. The van der Waals surface area contributed by atoms with E-state index in [4.69, 9.17) is 0 Å². The molecule has 2 nitrogen and oxygen atoms in total. The predicted molar refractivity (Wildman–Crippen MR) is 76.2 cm³/mol. The van der Waals surface area contributed by atoms with Gasteiger partial charge in [0.15, 0.2) is 0 Å². The topological polar surface area (TPSA) is 16.1 Å². The summed E-state index contributed by atoms with van der Waals surface area (Å²) >= 11 is 3.59. The minimum Gasteiger partial charge on any atom is -0.294 e. The summed E-state index contributed by atoms with van der Waals surface area (Å²) in [5, 5.41) is 0. The molecular weight excluding hydrogens is 288 g/mol. The summed E-state index contributed by atoms with van der Waals surface area (Å²) < 4.78 is 1.15. The lowest BCUT2D eigenvalue weighted by atomic mass is 10.0. The van der Waals surface area contributed by atoms with E-state index in [1.165, 1.54) is 16.7 Å². The molecule has 1 aromatic heterocycles. The molecule has 1 aromatic carbocycles. The molecule has 0 unspecified atom stereocenters. The van der Waals surface area contributed by atoms with Crippen molar-refractivity contribution >= 4 is 15.9 Å². The molecule has 3 heteroatoms. The summed E-state index contributed by atoms with van der Waals surface area (Å²) in [6, 6.07) is 10.6. The highest BCUT2D eigenvalue weighted by Crippen LogP contribution is 2.25. The van der Waals surface area contributed by atoms with Crippen molar-refractivity contribution in [2.24, 2.45) is 0 Å². The minimum atomic E-state index is 0.997. The molecular formula is C15H15BrN2. The summed E-state index contributed by atoms with van der Waals surface area (Å²) in [6.45, 7) is 3.13. The fourth-order valence-corrected chi connectivity index (χ4v) is 3.06. The monoisotopic (exact) mass is 302 g/mol. The summed E-state index contributed by atoms with van der Waals surface area (Å²) in [5.74, 6) is 0. The minimum absolute atomic E-state index is 0.997. The Labute approximate surface area is 116 Å². The van der Waals surface area contributed by atoms with E-state index in [9.17, 15) is 0 Å². The molecule has 0 fully saturated rings. The van der Waals surface area contributed by atoms with Crippen molar-refractivity contribution in [1.82, 2.24) is 9.88 Å². The average Bonchev–Trinajstić information content (AvgIpc) is 2.40. The molecule has 0 spiro atoms. The second-order valence-electron chi connectivity index (χ2n) is 4.71. The number of halogens is 1. The van der Waals surface area contributed by atoms with Gasteiger partial charge in [0.25, 0.3) is 0 Å². The fourth-order valence-electron chi connectivity index (χ4n) is 2.48. The molecule has 1 aliphatic rings. The molecule has 0 aliphatic carbocycles. The summed E-state index contributed by atoms with van der Waals surface area (Å²) in [6.07, 6.45) is 4.99. The largest absolute Gasteiger partial charge is 0.294 e. The van der Waals surface area contributed by atoms with Crippen LogP contribution >= 0.6 is 15.9 Å². The first kappa shape index (κ1) is 11.9. The first-order valence-corrected chi connectivity index (χ1v) is 7.00. The van der Waals surface area contributed by atoms with Gasteiger partial charge in [0, 0.05) is 36.5 Å². The van der Waals surface area contributed by atoms with Crippen LogP contribution in [0.1, 0.15) is 16.7 Å². The van der Waals surface area contributed by atoms with Crippen LogP contribution in [-0.4, -0.2) is 16.4 Å². The molecule has 0 atom stereocenters. The van der Waals surface area contributed by atoms with Gasteiger partial charge in [0.2, 0.25) is 0 Å². The number of pyridine rings is 1. The summed E-state index contributed by atoms with van der Waals surface area (Å²) in [5.41, 5.74) is 4.16. The molecule has 0 saturated heterocycles. The summed E-state index contributed by atoms with van der Waals surface area (Å²) in [4.78, 5) is 6.74. The first-order chi connectivity index (χ1) is 8.83. The lowest BCUT2D eigenvalue weighted by molar-refractivity contribution is 0.245. The summed E-state index contributed by atoms with van der Waals surface area (Å²) in [7, 11) is 0. The molecule has 18 heavy (non-hydrogen) atoms. The molecule has 0 N–H and O–H groups in total. The Morgan fingerprint density at radius 2 is 2.00 bits per heavy atom. The molecule has 0 bridgehead atoms. The van der Waals surface area contributed by atoms with Gasteiger partial charge in [-0.1, -0.05) is 30.3 Å². The van der Waals surface area contributed by atoms with Crippen LogP contribution in [0, 0.1) is 0 Å². The van der Waals surface area contributed by atoms with Crippen LogP contribution in [0.5, 0.6) is 0 Å². The maximum Gasteiger partial charge on any atom is 0.0413 e. The molecule has 92 valence electrons. The van der Waals surface area contributed by atoms with Crippen LogP contribution in [0.15, 0.2) is 47.2 Å². The van der Waals surface area contributed by atoms with Crippen LogP contribution in [0.3, 0.4) is 0 Å². The standard InChI is InChI=1S/C15H15BrN2/c16-15-9-17-8-13-11-18(7-6-14(13)15)10-12-4-2-1-3-5-12/h1-5,8-9H,6-7,10-11H2. The molecule has 0 radical (unpaired) electrons. The highest BCUT2D eigenvalue weighted by atomic mass is 79.9. The third kappa shape index (κ3) is 2.47. The maximum atomic E-state index is 4.27. The Kier molecular flexibility index (Phi) is 3.43. The van der Waals surface area contributed by atoms with E-state index >= 15 is 0 Å². The van der Waals surface area contributed by atoms with Crippen LogP contribution < -0.4 is 0 Å². The van der Waals surface area contributed by atoms with Crippen molar-refractivity contribution in [3.05, 3.63) is 63.9 Å². The number of nitrogens with zero attached hydrogens (tertiary/aromatic N) is 2. The zero-order valence-electron chi connectivity index (χ0n) is 10.1. The van der Waals surface area contributed by atoms with Gasteiger partial charge in [-0.15, -0.1) is 0 Å². The van der Waals surface area contributed by atoms with E-state index in [1.54, 1.807) is 0 Å². The Bertz CT molecular complexity index is 539. The van der Waals surface area contributed by atoms with Gasteiger partial charge in [-0.2, -0.15) is 0 Å². The van der Waals surface area contributed by atoms with E-state index in [0.717, 1.165) is 30.5 Å². The molecule has 2 heterocycles. The first-order valence-electron chi connectivity index (χ1n) is 6.20. The Morgan fingerprint density at radius 1 is 1.17 bits per heavy atom. The second kappa shape index (κ2) is 5.21. The average molecular weight is 303 g/mol. The van der Waals surface area contributed by atoms with Gasteiger partial charge in [0.05, 0.1) is 0 Å². The smallest absolute Gasteiger partial charge is 0.0413 e. The van der Waals surface area contributed by atoms with Crippen molar-refractivity contribution in [2.75, 3.05) is 6.54 Å². The fraction of sp³-hybridized carbons (Fsp3) is 0.267. The Morgan fingerprint density at radius 3 is 2.83 bits per heavy atom. The number of aromatic nitrogens is 1. The molecule has 3 rings (SSSR count). The van der Waals surface area contributed by atoms with Crippen molar-refractivity contribution in [1.29, 1.82) is 0 Å². The van der Waals surface area contributed by atoms with E-state index in [2.05, 4.69) is 56.1 Å². The maximum absolute atomic E-state index is 4.27. The van der Waals surface area contributed by atoms with E-state index in [-0.39, 0.29) is 0 Å². The lowest BCUT2D eigenvalue weighted by Gasteiger charge is -2.29. The normalized spacial score (nSPS) is 15.4. The quantitative estimate of drug-likeness (QED) is 0.845. The molecule has 1 aliphatic heterocycles. The number of benzene rings is 1. The molecule has 0 saturated carbocycles. The predicted octanol–water partition coefficient (Wildman–Crippen LogP) is 3.40. The number of fused-ring (bicyclic) bond motifs is 1. The van der Waals surface area contributed by atoms with Crippen LogP contribution in [0.4, 0.5) is 0 Å². The zero-order valence-corrected chi connectivity index (χ0v) is 11.7. The van der Waals surface area contributed by atoms with Crippen molar-refractivity contribution in [3.63, 3.8) is 0 Å². The number of rotatable bonds is 2. The second-order valence-corrected chi connectivity index (χ2v) is 5.56. The number of hydrogen-bond donors (Lipinski definition) is 0. The van der Waals surface area contributed by atoms with Gasteiger partial charge < -0.3 is 0 Å². The highest BCUT2D eigenvalue weighted by molar-refractivity contribution is 9.10. The van der Waals surface area contributed by atoms with Crippen LogP contribution in [0.2, 0.25) is 0 Å². The van der Waals surface area contributed by atoms with E-state index in [0.29, 0.717) is 0 Å². The van der Waals surface area contributed by atoms with Crippen LogP contribution in [-0.2, 0) is 19.5 Å². The van der Waals surface area contributed by atoms with Crippen molar-refractivity contribution in [2.45, 2.75) is 19.5 Å². The van der Waals surface area contributed by atoms with Crippen molar-refractivity contribution < 1.29 is 0 Å². The van der Waals surface area contributed by atoms with Crippen LogP contribution in [0.25, 0.3) is 0 Å². The van der Waals surface area contributed by atoms with Gasteiger partial charge in [-0.05, 0) is 39.0 Å². The zero-order chi connectivity index (χ0) is 12.4. The van der Waals surface area contributed by atoms with E-state index < -0.39 is 0 Å². The Balaban J connectivity index is 1.76.